The maximum Gasteiger partial charge on any atom is 0.119 e. The maximum atomic E-state index is 5.79. The lowest BCUT2D eigenvalue weighted by Crippen LogP contribution is -2.21. The molecule has 0 unspecified atom stereocenters. The van der Waals surface area contributed by atoms with Crippen LogP contribution in [0, 0.1) is 0 Å². The SMILES string of the molecule is CCNCCCNCc1ccc(OCc2ccccc2)cc1.Cl.Cl. The van der Waals surface area contributed by atoms with Crippen molar-refractivity contribution in [3.8, 4) is 5.75 Å². The van der Waals surface area contributed by atoms with Crippen molar-refractivity contribution in [3.63, 3.8) is 0 Å². The van der Waals surface area contributed by atoms with Crippen LogP contribution in [-0.4, -0.2) is 19.6 Å². The smallest absolute Gasteiger partial charge is 0.119 e. The van der Waals surface area contributed by atoms with E-state index in [1.165, 1.54) is 11.1 Å². The lowest BCUT2D eigenvalue weighted by Gasteiger charge is -2.08. The zero-order valence-electron chi connectivity index (χ0n) is 14.2. The van der Waals surface area contributed by atoms with Crippen LogP contribution in [-0.2, 0) is 13.2 Å². The van der Waals surface area contributed by atoms with Crippen LogP contribution in [0.3, 0.4) is 0 Å². The van der Waals surface area contributed by atoms with Crippen molar-refractivity contribution in [1.29, 1.82) is 0 Å². The minimum Gasteiger partial charge on any atom is -0.489 e. The first-order valence-corrected chi connectivity index (χ1v) is 8.05. The molecular formula is C19H28Cl2N2O. The van der Waals surface area contributed by atoms with Crippen molar-refractivity contribution in [2.24, 2.45) is 0 Å². The molecule has 0 aliphatic carbocycles. The van der Waals surface area contributed by atoms with Crippen LogP contribution in [0.2, 0.25) is 0 Å². The van der Waals surface area contributed by atoms with Crippen molar-refractivity contribution in [3.05, 3.63) is 65.7 Å². The second kappa shape index (κ2) is 14.1. The summed E-state index contributed by atoms with van der Waals surface area (Å²) >= 11 is 0. The molecule has 0 saturated heterocycles. The number of hydrogen-bond acceptors (Lipinski definition) is 3. The molecule has 0 saturated carbocycles. The molecule has 0 bridgehead atoms. The lowest BCUT2D eigenvalue weighted by molar-refractivity contribution is 0.306. The number of rotatable bonds is 10. The monoisotopic (exact) mass is 370 g/mol. The maximum absolute atomic E-state index is 5.79. The molecule has 0 fully saturated rings. The van der Waals surface area contributed by atoms with E-state index in [1.54, 1.807) is 0 Å². The predicted octanol–water partition coefficient (Wildman–Crippen LogP) is 4.20. The van der Waals surface area contributed by atoms with Crippen LogP contribution in [0.5, 0.6) is 5.75 Å². The second-order valence-electron chi connectivity index (χ2n) is 5.30. The number of nitrogens with one attached hydrogen (secondary N) is 2. The summed E-state index contributed by atoms with van der Waals surface area (Å²) < 4.78 is 5.79. The Labute approximate surface area is 158 Å². The molecule has 0 radical (unpaired) electrons. The summed E-state index contributed by atoms with van der Waals surface area (Å²) in [7, 11) is 0. The summed E-state index contributed by atoms with van der Waals surface area (Å²) in [5, 5.41) is 6.78. The zero-order chi connectivity index (χ0) is 15.5. The predicted molar refractivity (Wildman–Crippen MR) is 107 cm³/mol. The van der Waals surface area contributed by atoms with E-state index in [0.717, 1.165) is 38.3 Å². The average molecular weight is 371 g/mol. The Bertz CT molecular complexity index is 521. The molecule has 0 aromatic heterocycles. The number of ether oxygens (including phenoxy) is 1. The molecular weight excluding hydrogens is 343 g/mol. The van der Waals surface area contributed by atoms with Gasteiger partial charge in [-0.15, -0.1) is 24.8 Å². The highest BCUT2D eigenvalue weighted by atomic mass is 35.5. The Hall–Kier alpha value is -1.26. The van der Waals surface area contributed by atoms with Gasteiger partial charge in [0.1, 0.15) is 12.4 Å². The molecule has 0 amide bonds. The normalized spacial score (nSPS) is 9.71. The largest absolute Gasteiger partial charge is 0.489 e. The Balaban J connectivity index is 0.00000264. The Morgan fingerprint density at radius 3 is 2.12 bits per heavy atom. The summed E-state index contributed by atoms with van der Waals surface area (Å²) in [6.45, 7) is 6.82. The molecule has 2 aromatic carbocycles. The summed E-state index contributed by atoms with van der Waals surface area (Å²) in [4.78, 5) is 0. The highest BCUT2D eigenvalue weighted by Gasteiger charge is 1.97. The fourth-order valence-corrected chi connectivity index (χ4v) is 2.19. The van der Waals surface area contributed by atoms with Gasteiger partial charge in [-0.3, -0.25) is 0 Å². The Morgan fingerprint density at radius 1 is 0.792 bits per heavy atom. The molecule has 0 spiro atoms. The molecule has 2 rings (SSSR count). The van der Waals surface area contributed by atoms with Crippen LogP contribution in [0.4, 0.5) is 0 Å². The van der Waals surface area contributed by atoms with Gasteiger partial charge in [0.05, 0.1) is 0 Å². The van der Waals surface area contributed by atoms with Crippen LogP contribution in [0.25, 0.3) is 0 Å². The van der Waals surface area contributed by atoms with Gasteiger partial charge in [-0.2, -0.15) is 0 Å². The van der Waals surface area contributed by atoms with Crippen molar-refractivity contribution in [2.45, 2.75) is 26.5 Å². The topological polar surface area (TPSA) is 33.3 Å². The third-order valence-corrected chi connectivity index (χ3v) is 3.46. The third-order valence-electron chi connectivity index (χ3n) is 3.46. The fourth-order valence-electron chi connectivity index (χ4n) is 2.19. The summed E-state index contributed by atoms with van der Waals surface area (Å²) in [5.41, 5.74) is 2.48. The molecule has 2 aromatic rings. The van der Waals surface area contributed by atoms with Gasteiger partial charge in [0.2, 0.25) is 0 Å². The first-order chi connectivity index (χ1) is 10.9. The van der Waals surface area contributed by atoms with Crippen molar-refractivity contribution >= 4 is 24.8 Å². The first-order valence-electron chi connectivity index (χ1n) is 8.05. The fraction of sp³-hybridized carbons (Fsp3) is 0.368. The van der Waals surface area contributed by atoms with E-state index >= 15 is 0 Å². The zero-order valence-corrected chi connectivity index (χ0v) is 15.8. The van der Waals surface area contributed by atoms with Gasteiger partial charge in [-0.1, -0.05) is 49.4 Å². The van der Waals surface area contributed by atoms with E-state index in [1.807, 2.05) is 30.3 Å². The lowest BCUT2D eigenvalue weighted by atomic mass is 10.2. The quantitative estimate of drug-likeness (QED) is 0.614. The Morgan fingerprint density at radius 2 is 1.46 bits per heavy atom. The van der Waals surface area contributed by atoms with Crippen molar-refractivity contribution in [1.82, 2.24) is 10.6 Å². The molecule has 5 heteroatoms. The third kappa shape index (κ3) is 9.14. The molecule has 0 aliphatic rings. The number of halogens is 2. The van der Waals surface area contributed by atoms with Crippen molar-refractivity contribution in [2.75, 3.05) is 19.6 Å². The van der Waals surface area contributed by atoms with Crippen molar-refractivity contribution < 1.29 is 4.74 Å². The summed E-state index contributed by atoms with van der Waals surface area (Å²) in [6, 6.07) is 18.6. The van der Waals surface area contributed by atoms with Gasteiger partial charge in [-0.25, -0.2) is 0 Å². The van der Waals surface area contributed by atoms with Gasteiger partial charge in [0.15, 0.2) is 0 Å². The Kier molecular flexibility index (Phi) is 13.4. The molecule has 0 atom stereocenters. The van der Waals surface area contributed by atoms with Gasteiger partial charge >= 0.3 is 0 Å². The van der Waals surface area contributed by atoms with Gasteiger partial charge in [0, 0.05) is 6.54 Å². The minimum absolute atomic E-state index is 0. The standard InChI is InChI=1S/C19H26N2O.2ClH/c1-2-20-13-6-14-21-15-17-9-11-19(12-10-17)22-16-18-7-4-3-5-8-18;;/h3-5,7-12,20-21H,2,6,13-16H2,1H3;2*1H. The van der Waals surface area contributed by atoms with Crippen LogP contribution < -0.4 is 15.4 Å². The van der Waals surface area contributed by atoms with Crippen LogP contribution in [0.1, 0.15) is 24.5 Å². The van der Waals surface area contributed by atoms with Crippen LogP contribution in [0.15, 0.2) is 54.6 Å². The molecule has 134 valence electrons. The van der Waals surface area contributed by atoms with Gasteiger partial charge < -0.3 is 15.4 Å². The number of hydrogen-bond donors (Lipinski definition) is 2. The molecule has 0 heterocycles. The molecule has 24 heavy (non-hydrogen) atoms. The summed E-state index contributed by atoms with van der Waals surface area (Å²) in [5.74, 6) is 0.916. The second-order valence-corrected chi connectivity index (χ2v) is 5.30. The molecule has 2 N–H and O–H groups in total. The minimum atomic E-state index is 0. The summed E-state index contributed by atoms with van der Waals surface area (Å²) in [6.07, 6.45) is 1.16. The highest BCUT2D eigenvalue weighted by Crippen LogP contribution is 2.14. The first kappa shape index (κ1) is 22.7. The van der Waals surface area contributed by atoms with E-state index in [9.17, 15) is 0 Å². The van der Waals surface area contributed by atoms with E-state index < -0.39 is 0 Å². The van der Waals surface area contributed by atoms with Gasteiger partial charge in [-0.05, 0) is 49.3 Å². The molecule has 3 nitrogen and oxygen atoms in total. The van der Waals surface area contributed by atoms with Gasteiger partial charge in [0.25, 0.3) is 0 Å². The van der Waals surface area contributed by atoms with E-state index in [0.29, 0.717) is 6.61 Å². The molecule has 0 aliphatic heterocycles. The highest BCUT2D eigenvalue weighted by molar-refractivity contribution is 5.85. The van der Waals surface area contributed by atoms with E-state index in [4.69, 9.17) is 4.74 Å². The number of benzene rings is 2. The van der Waals surface area contributed by atoms with E-state index in [-0.39, 0.29) is 24.8 Å². The van der Waals surface area contributed by atoms with Crippen LogP contribution >= 0.6 is 24.8 Å². The average Bonchev–Trinajstić information content (AvgIpc) is 2.58. The van der Waals surface area contributed by atoms with E-state index in [2.05, 4.69) is 41.8 Å².